The number of rotatable bonds is 3. The van der Waals surface area contributed by atoms with E-state index >= 15 is 0 Å². The van der Waals surface area contributed by atoms with Crippen molar-refractivity contribution in [2.24, 2.45) is 5.73 Å². The van der Waals surface area contributed by atoms with Gasteiger partial charge in [-0.2, -0.15) is 13.2 Å². The summed E-state index contributed by atoms with van der Waals surface area (Å²) in [7, 11) is 0. The maximum atomic E-state index is 12.4. The number of amides is 1. The molecule has 1 aliphatic carbocycles. The van der Waals surface area contributed by atoms with E-state index in [9.17, 15) is 18.0 Å². The average molecular weight is 480 g/mol. The summed E-state index contributed by atoms with van der Waals surface area (Å²) in [6.07, 6.45) is -5.88. The van der Waals surface area contributed by atoms with E-state index in [1.165, 1.54) is 22.3 Å². The lowest BCUT2D eigenvalue weighted by molar-refractivity contribution is -0.192. The third kappa shape index (κ3) is 4.86. The summed E-state index contributed by atoms with van der Waals surface area (Å²) in [5.74, 6) is -2.71. The molecular weight excluding hydrogens is 457 g/mol. The molecule has 2 aromatic rings. The predicted octanol–water partition coefficient (Wildman–Crippen LogP) is 2.65. The zero-order valence-electron chi connectivity index (χ0n) is 17.8. The van der Waals surface area contributed by atoms with Gasteiger partial charge >= 0.3 is 18.2 Å². The van der Waals surface area contributed by atoms with E-state index in [0.717, 1.165) is 0 Å². The molecule has 1 amide bonds. The highest BCUT2D eigenvalue weighted by Gasteiger charge is 2.47. The van der Waals surface area contributed by atoms with Crippen molar-refractivity contribution in [1.29, 1.82) is 0 Å². The van der Waals surface area contributed by atoms with Crippen LogP contribution in [0.3, 0.4) is 0 Å². The molecule has 4 N–H and O–H groups in total. The van der Waals surface area contributed by atoms with Gasteiger partial charge in [0, 0.05) is 5.92 Å². The fraction of sp³-hybridized carbons (Fsp3) is 0.391. The van der Waals surface area contributed by atoms with Gasteiger partial charge < -0.3 is 30.4 Å². The molecule has 2 heterocycles. The molecule has 0 spiro atoms. The summed E-state index contributed by atoms with van der Waals surface area (Å²) >= 11 is 0. The van der Waals surface area contributed by atoms with Gasteiger partial charge in [-0.05, 0) is 22.3 Å². The number of carboxylic acids is 1. The number of alkyl halides is 3. The van der Waals surface area contributed by atoms with Crippen molar-refractivity contribution in [2.75, 3.05) is 19.8 Å². The minimum absolute atomic E-state index is 0.0480. The third-order valence-electron chi connectivity index (χ3n) is 5.98. The van der Waals surface area contributed by atoms with Gasteiger partial charge in [-0.3, -0.25) is 0 Å². The molecule has 11 heteroatoms. The van der Waals surface area contributed by atoms with Gasteiger partial charge in [0.1, 0.15) is 18.8 Å². The van der Waals surface area contributed by atoms with Crippen LogP contribution in [0.1, 0.15) is 17.0 Å². The molecule has 0 saturated carbocycles. The number of carboxylic acid groups (broad SMARTS) is 1. The Bertz CT molecular complexity index is 1020. The average Bonchev–Trinajstić information content (AvgIpc) is 3.46. The minimum Gasteiger partial charge on any atom is -0.475 e. The highest BCUT2D eigenvalue weighted by Crippen LogP contribution is 2.44. The monoisotopic (exact) mass is 480 g/mol. The lowest BCUT2D eigenvalue weighted by atomic mass is 9.98. The van der Waals surface area contributed by atoms with E-state index < -0.39 is 18.2 Å². The molecule has 0 unspecified atom stereocenters. The number of ether oxygens (including phenoxy) is 3. The van der Waals surface area contributed by atoms with Crippen LogP contribution in [-0.2, 0) is 19.0 Å². The summed E-state index contributed by atoms with van der Waals surface area (Å²) in [5.41, 5.74) is 10.8. The molecule has 5 rings (SSSR count). The van der Waals surface area contributed by atoms with Crippen LogP contribution in [0.5, 0.6) is 0 Å². The largest absolute Gasteiger partial charge is 0.490 e. The molecule has 182 valence electrons. The lowest BCUT2D eigenvalue weighted by Gasteiger charge is -2.19. The van der Waals surface area contributed by atoms with E-state index in [4.69, 9.17) is 29.8 Å². The van der Waals surface area contributed by atoms with Crippen molar-refractivity contribution >= 4 is 12.1 Å². The van der Waals surface area contributed by atoms with E-state index in [-0.39, 0.29) is 30.2 Å². The Labute approximate surface area is 192 Å². The first-order chi connectivity index (χ1) is 16.2. The van der Waals surface area contributed by atoms with E-state index in [1.807, 2.05) is 24.3 Å². The first-order valence-corrected chi connectivity index (χ1v) is 10.6. The standard InChI is InChI=1S/C21H22N2O4.C2HF3O2/c22-17-10-25-20-18(11-26-19(17)20)23-21(24)27-9-16-14-7-3-1-5-12(14)13-6-2-4-8-15(13)16;3-2(4,5)1(6)7/h1-8,16-20H,9-11,22H2,(H,23,24);(H,6,7)/t17-,18-,19+,20+;/m0./s1. The SMILES string of the molecule is N[C@H]1CO[C@H]2[C@@H]1OC[C@@H]2NC(=O)OCC1c2ccccc2-c2ccccc21.O=C(O)C(F)(F)F. The van der Waals surface area contributed by atoms with Crippen molar-refractivity contribution in [3.05, 3.63) is 59.7 Å². The number of carbonyl (C=O) groups excluding carboxylic acids is 1. The molecule has 2 aromatic carbocycles. The van der Waals surface area contributed by atoms with Gasteiger partial charge in [-0.25, -0.2) is 9.59 Å². The number of nitrogens with two attached hydrogens (primary N) is 1. The quantitative estimate of drug-likeness (QED) is 0.618. The number of alkyl carbamates (subject to hydrolysis) is 1. The molecule has 0 radical (unpaired) electrons. The maximum absolute atomic E-state index is 12.4. The first-order valence-electron chi connectivity index (χ1n) is 10.6. The van der Waals surface area contributed by atoms with E-state index in [2.05, 4.69) is 29.6 Å². The van der Waals surface area contributed by atoms with Crippen LogP contribution in [0.25, 0.3) is 11.1 Å². The summed E-state index contributed by atoms with van der Waals surface area (Å²) in [6, 6.07) is 16.2. The second kappa shape index (κ2) is 9.61. The fourth-order valence-corrected chi connectivity index (χ4v) is 4.44. The smallest absolute Gasteiger partial charge is 0.475 e. The third-order valence-corrected chi connectivity index (χ3v) is 5.98. The number of halogens is 3. The molecule has 2 saturated heterocycles. The molecule has 2 fully saturated rings. The Hall–Kier alpha value is -3.15. The number of benzene rings is 2. The van der Waals surface area contributed by atoms with Crippen molar-refractivity contribution in [1.82, 2.24) is 5.32 Å². The topological polar surface area (TPSA) is 120 Å². The van der Waals surface area contributed by atoms with Crippen molar-refractivity contribution < 1.29 is 42.1 Å². The van der Waals surface area contributed by atoms with Gasteiger partial charge in [0.25, 0.3) is 0 Å². The number of hydrogen-bond donors (Lipinski definition) is 3. The molecule has 0 bridgehead atoms. The zero-order valence-corrected chi connectivity index (χ0v) is 17.8. The second-order valence-corrected chi connectivity index (χ2v) is 8.14. The van der Waals surface area contributed by atoms with Crippen LogP contribution in [0.15, 0.2) is 48.5 Å². The molecule has 34 heavy (non-hydrogen) atoms. The van der Waals surface area contributed by atoms with E-state index in [0.29, 0.717) is 19.8 Å². The van der Waals surface area contributed by atoms with Crippen LogP contribution in [0, 0.1) is 0 Å². The lowest BCUT2D eigenvalue weighted by Crippen LogP contribution is -2.45. The van der Waals surface area contributed by atoms with Crippen LogP contribution in [0.4, 0.5) is 18.0 Å². The van der Waals surface area contributed by atoms with Crippen LogP contribution in [0.2, 0.25) is 0 Å². The Kier molecular flexibility index (Phi) is 6.78. The summed E-state index contributed by atoms with van der Waals surface area (Å²) in [6.45, 7) is 1.15. The van der Waals surface area contributed by atoms with Gasteiger partial charge in [-0.15, -0.1) is 0 Å². The van der Waals surface area contributed by atoms with Gasteiger partial charge in [-0.1, -0.05) is 48.5 Å². The molecule has 2 aliphatic heterocycles. The number of carbonyl (C=O) groups is 2. The molecule has 8 nitrogen and oxygen atoms in total. The maximum Gasteiger partial charge on any atom is 0.490 e. The fourth-order valence-electron chi connectivity index (χ4n) is 4.44. The molecule has 4 atom stereocenters. The van der Waals surface area contributed by atoms with Gasteiger partial charge in [0.2, 0.25) is 0 Å². The normalized spacial score (nSPS) is 24.9. The summed E-state index contributed by atoms with van der Waals surface area (Å²) in [5, 5.41) is 10.0. The summed E-state index contributed by atoms with van der Waals surface area (Å²) in [4.78, 5) is 21.3. The zero-order chi connectivity index (χ0) is 24.5. The first kappa shape index (κ1) is 24.0. The van der Waals surface area contributed by atoms with Crippen LogP contribution >= 0.6 is 0 Å². The minimum atomic E-state index is -5.08. The molecule has 0 aromatic heterocycles. The number of hydrogen-bond acceptors (Lipinski definition) is 6. The Morgan fingerprint density at radius 1 is 1.00 bits per heavy atom. The van der Waals surface area contributed by atoms with Crippen molar-refractivity contribution in [3.63, 3.8) is 0 Å². The molecular formula is C23H23F3N2O6. The highest BCUT2D eigenvalue weighted by atomic mass is 19.4. The Morgan fingerprint density at radius 3 is 2.09 bits per heavy atom. The number of aliphatic carboxylic acids is 1. The number of nitrogens with one attached hydrogen (secondary N) is 1. The second-order valence-electron chi connectivity index (χ2n) is 8.14. The number of fused-ring (bicyclic) bond motifs is 4. The van der Waals surface area contributed by atoms with Crippen molar-refractivity contribution in [2.45, 2.75) is 36.4 Å². The van der Waals surface area contributed by atoms with Gasteiger partial charge in [0.15, 0.2) is 0 Å². The molecule has 3 aliphatic rings. The van der Waals surface area contributed by atoms with Crippen molar-refractivity contribution in [3.8, 4) is 11.1 Å². The predicted molar refractivity (Wildman–Crippen MR) is 113 cm³/mol. The van der Waals surface area contributed by atoms with Gasteiger partial charge in [0.05, 0.1) is 25.3 Å². The highest BCUT2D eigenvalue weighted by molar-refractivity contribution is 5.79. The van der Waals surface area contributed by atoms with E-state index in [1.54, 1.807) is 0 Å². The van der Waals surface area contributed by atoms with Crippen LogP contribution < -0.4 is 11.1 Å². The Balaban J connectivity index is 0.000000344. The Morgan fingerprint density at radius 2 is 1.53 bits per heavy atom. The summed E-state index contributed by atoms with van der Waals surface area (Å²) < 4.78 is 48.6. The van der Waals surface area contributed by atoms with Crippen LogP contribution in [-0.4, -0.2) is 67.5 Å².